The van der Waals surface area contributed by atoms with Gasteiger partial charge in [-0.2, -0.15) is 0 Å². The maximum absolute atomic E-state index is 9.78. The molecule has 2 saturated heterocycles. The van der Waals surface area contributed by atoms with Crippen LogP contribution in [0.25, 0.3) is 21.8 Å². The summed E-state index contributed by atoms with van der Waals surface area (Å²) in [7, 11) is 3.24. The van der Waals surface area contributed by atoms with E-state index in [-0.39, 0.29) is 65.4 Å². The summed E-state index contributed by atoms with van der Waals surface area (Å²) in [5.74, 6) is 2.59. The number of hydrogen-bond donors (Lipinski definition) is 2. The van der Waals surface area contributed by atoms with Gasteiger partial charge in [0.1, 0.15) is 0 Å². The maximum Gasteiger partial charge on any atom is 0 e. The molecular weight excluding hydrogens is 1060 g/mol. The van der Waals surface area contributed by atoms with E-state index < -0.39 is 0 Å². The number of anilines is 4. The standard InChI is InChI=1S/2C24H24N5O2.2V.2Y/c1-3-31-23-13-20-21(14-22(23)30-2)26-16-18(15-25)24(20)29-11-9-28(10-12-29)17-27-19-7-5-4-6-8-19;1-3-31-23-14-21-20(13-22(23)30-2)24(18(15-25)16-26-21)29-11-9-28(10-12-29)17-27-19-7-5-4-6-8-19;;;;/h2*5-8,13-14,16,27H,3,9-12H2,1-2H3;;;;/q2*-1;;;;. The first-order chi connectivity index (χ1) is 31.3. The number of rotatable bonds is 14. The number of piperazine rings is 2. The Morgan fingerprint density at radius 3 is 1.35 bits per heavy atom. The van der Waals surface area contributed by atoms with Crippen LogP contribution < -0.4 is 39.4 Å². The van der Waals surface area contributed by atoms with E-state index in [1.165, 1.54) is 0 Å². The van der Waals surface area contributed by atoms with Gasteiger partial charge in [-0.05, 0) is 6.92 Å². The van der Waals surface area contributed by atoms with Crippen molar-refractivity contribution in [2.75, 3.05) is 100 Å². The van der Waals surface area contributed by atoms with Gasteiger partial charge in [-0.1, -0.05) is 0 Å². The Morgan fingerprint density at radius 2 is 0.970 bits per heavy atom. The van der Waals surface area contributed by atoms with Crippen LogP contribution in [0.3, 0.4) is 0 Å². The van der Waals surface area contributed by atoms with Gasteiger partial charge in [0.25, 0.3) is 0 Å². The number of methoxy groups -OCH3 is 2. The van der Waals surface area contributed by atoms with Crippen LogP contribution in [0.5, 0.6) is 23.0 Å². The normalized spacial score (nSPS) is 13.6. The minimum absolute atomic E-state index is 0. The second kappa shape index (κ2) is 26.0. The molecule has 332 valence electrons. The van der Waals surface area contributed by atoms with Crippen molar-refractivity contribution >= 4 is 53.5 Å². The number of aromatic nitrogens is 2. The van der Waals surface area contributed by atoms with Gasteiger partial charge >= 0.3 is 387 Å². The van der Waals surface area contributed by atoms with E-state index in [0.717, 1.165) is 106 Å². The largest absolute Gasteiger partial charge is 0 e. The molecule has 0 saturated carbocycles. The molecule has 2 N–H and O–H groups in total. The third kappa shape index (κ3) is 12.8. The van der Waals surface area contributed by atoms with Crippen LogP contribution in [-0.4, -0.2) is 109 Å². The van der Waals surface area contributed by atoms with Crippen LogP contribution in [0.2, 0.25) is 0 Å². The van der Waals surface area contributed by atoms with Gasteiger partial charge in [0.05, 0.1) is 0 Å². The number of nitrogens with one attached hydrogen (secondary N) is 2. The zero-order chi connectivity index (χ0) is 45.0. The van der Waals surface area contributed by atoms with E-state index in [1.54, 1.807) is 26.6 Å². The van der Waals surface area contributed by atoms with Gasteiger partial charge in [0.15, 0.2) is 0 Å². The Balaban J connectivity index is 0.000000240. The molecule has 0 aliphatic carbocycles. The molecule has 0 spiro atoms. The molecule has 2 aromatic heterocycles. The smallest absolute Gasteiger partial charge is 0 e. The quantitative estimate of drug-likeness (QED) is 0.117. The molecule has 2 fully saturated rings. The number of benzene rings is 4. The number of pyridine rings is 2. The van der Waals surface area contributed by atoms with Crippen molar-refractivity contribution in [2.24, 2.45) is 0 Å². The van der Waals surface area contributed by atoms with E-state index in [1.807, 2.05) is 86.6 Å². The first-order valence-electron chi connectivity index (χ1n) is 20.9. The molecule has 0 atom stereocenters. The molecule has 6 aromatic rings. The molecule has 0 amide bonds. The van der Waals surface area contributed by atoms with Crippen molar-refractivity contribution in [1.82, 2.24) is 19.8 Å². The molecule has 0 unspecified atom stereocenters. The molecule has 2 aliphatic rings. The number of nitrogens with zero attached hydrogens (tertiary/aromatic N) is 8. The average Bonchev–Trinajstić information content (AvgIpc) is 3.34. The Bertz CT molecular complexity index is 2690. The predicted molar refractivity (Wildman–Crippen MR) is 244 cm³/mol. The summed E-state index contributed by atoms with van der Waals surface area (Å²) in [6.45, 7) is 11.4. The third-order valence-electron chi connectivity index (χ3n) is 10.8. The van der Waals surface area contributed by atoms with Gasteiger partial charge in [-0.25, -0.2) is 0 Å². The van der Waals surface area contributed by atoms with E-state index in [4.69, 9.17) is 18.9 Å². The summed E-state index contributed by atoms with van der Waals surface area (Å²) in [6.07, 6.45) is 3.29. The molecule has 14 nitrogen and oxygen atoms in total. The van der Waals surface area contributed by atoms with Crippen molar-refractivity contribution in [2.45, 2.75) is 13.8 Å². The zero-order valence-electron chi connectivity index (χ0n) is 37.4. The van der Waals surface area contributed by atoms with Crippen LogP contribution in [0.1, 0.15) is 25.0 Å². The number of ether oxygens (including phenoxy) is 4. The summed E-state index contributed by atoms with van der Waals surface area (Å²) in [5, 5.41) is 28.2. The molecule has 0 bridgehead atoms. The average molecular weight is 1110 g/mol. The Hall–Kier alpha value is -3.88. The first-order valence-corrected chi connectivity index (χ1v) is 22.3. The van der Waals surface area contributed by atoms with Crippen LogP contribution >= 0.6 is 0 Å². The van der Waals surface area contributed by atoms with Crippen molar-refractivity contribution in [1.29, 1.82) is 10.5 Å². The van der Waals surface area contributed by atoms with Gasteiger partial charge in [-0.15, -0.1) is 0 Å². The monoisotopic (exact) mass is 1110 g/mol. The van der Waals surface area contributed by atoms with Crippen LogP contribution in [-0.2, 0) is 99.4 Å². The molecule has 66 heavy (non-hydrogen) atoms. The van der Waals surface area contributed by atoms with Crippen LogP contribution in [0, 0.1) is 34.8 Å². The third-order valence-corrected chi connectivity index (χ3v) is 12.1. The van der Waals surface area contributed by atoms with E-state index in [9.17, 15) is 10.5 Å². The zero-order valence-corrected chi connectivity index (χ0v) is 45.9. The number of hydrogen-bond acceptors (Lipinski definition) is 14. The summed E-state index contributed by atoms with van der Waals surface area (Å²) in [4.78, 5) is 18.1. The number of fused-ring (bicyclic) bond motifs is 2. The Morgan fingerprint density at radius 1 is 0.606 bits per heavy atom. The SMILES string of the molecule is CCOc1cc2c(N3CCN([C](=[V])Nc4cc[c-]cc4)CC3)c(C#N)cnc2cc1OC.CCOc1cc2ncc(C#N)c(N3CCN([C](=[V])Nc4cc[c-]cc4)CC3)c2cc1OC.[Y].[Y]. The van der Waals surface area contributed by atoms with Crippen molar-refractivity contribution in [3.05, 3.63) is 108 Å². The van der Waals surface area contributed by atoms with Crippen molar-refractivity contribution in [3.63, 3.8) is 0 Å². The molecule has 18 heteroatoms. The fraction of sp³-hybridized carbons (Fsp3) is 0.292. The molecule has 2 radical (unpaired) electrons. The molecule has 8 rings (SSSR count). The molecule has 2 aliphatic heterocycles. The second-order valence-electron chi connectivity index (χ2n) is 14.6. The fourth-order valence-corrected chi connectivity index (χ4v) is 8.74. The van der Waals surface area contributed by atoms with Gasteiger partial charge in [-0.3, -0.25) is 0 Å². The van der Waals surface area contributed by atoms with Crippen LogP contribution in [0.15, 0.2) is 85.2 Å². The summed E-state index contributed by atoms with van der Waals surface area (Å²) in [5.41, 5.74) is 6.56. The van der Waals surface area contributed by atoms with Gasteiger partial charge < -0.3 is 0 Å². The van der Waals surface area contributed by atoms with Gasteiger partial charge in [0, 0.05) is 65.4 Å². The van der Waals surface area contributed by atoms with Gasteiger partial charge in [0.2, 0.25) is 0 Å². The summed E-state index contributed by atoms with van der Waals surface area (Å²) >= 11 is 5.24. The maximum atomic E-state index is 9.78. The molecule has 4 heterocycles. The predicted octanol–water partition coefficient (Wildman–Crippen LogP) is 6.36. The number of nitriles is 2. The van der Waals surface area contributed by atoms with Crippen LogP contribution in [0.4, 0.5) is 22.7 Å². The second-order valence-corrected chi connectivity index (χ2v) is 15.9. The fourth-order valence-electron chi connectivity index (χ4n) is 7.71. The van der Waals surface area contributed by atoms with E-state index in [0.29, 0.717) is 47.3 Å². The topological polar surface area (TPSA) is 147 Å². The summed E-state index contributed by atoms with van der Waals surface area (Å²) < 4.78 is 24.6. The Kier molecular flexibility index (Phi) is 20.9. The van der Waals surface area contributed by atoms with E-state index >= 15 is 0 Å². The minimum atomic E-state index is 0. The molecular formula is C48H48N10O4V2Y2-2. The minimum Gasteiger partial charge on any atom is 0 e. The van der Waals surface area contributed by atoms with Crippen molar-refractivity contribution < 1.29 is 118 Å². The molecule has 4 aromatic carbocycles. The summed E-state index contributed by atoms with van der Waals surface area (Å²) in [6, 6.07) is 33.9. The van der Waals surface area contributed by atoms with E-state index in [2.05, 4.69) is 98.4 Å². The Labute approximate surface area is 455 Å². The van der Waals surface area contributed by atoms with Crippen molar-refractivity contribution in [3.8, 4) is 35.1 Å². The first kappa shape index (κ1) is 53.1.